The summed E-state index contributed by atoms with van der Waals surface area (Å²) in [5.41, 5.74) is 3.86. The third-order valence-electron chi connectivity index (χ3n) is 1.54. The molecule has 0 heterocycles. The van der Waals surface area contributed by atoms with Crippen LogP contribution in [0.5, 0.6) is 0 Å². The molecular weight excluding hydrogens is 150 g/mol. The van der Waals surface area contributed by atoms with Gasteiger partial charge in [0.05, 0.1) is 0 Å². The number of hydrogen-bond acceptors (Lipinski definition) is 4. The summed E-state index contributed by atoms with van der Waals surface area (Å²) in [6.45, 7) is -0.578. The largest absolute Gasteiger partial charge is 0.480 e. The van der Waals surface area contributed by atoms with E-state index in [0.717, 1.165) is 0 Å². The summed E-state index contributed by atoms with van der Waals surface area (Å²) in [4.78, 5) is 10.5. The van der Waals surface area contributed by atoms with Crippen LogP contribution in [0.25, 0.3) is 0 Å². The van der Waals surface area contributed by atoms with Crippen LogP contribution in [0.4, 0.5) is 0 Å². The fourth-order valence-electron chi connectivity index (χ4n) is 0.738. The third kappa shape index (κ3) is 2.83. The molecule has 0 amide bonds. The van der Waals surface area contributed by atoms with Crippen molar-refractivity contribution in [1.82, 2.24) is 0 Å². The average Bonchev–Trinajstić information content (AvgIpc) is 1.88. The predicted octanol–water partition coefficient (Wildman–Crippen LogP) is -1.47. The van der Waals surface area contributed by atoms with Gasteiger partial charge in [-0.05, 0) is 12.8 Å². The number of aliphatic hydroxyl groups is 2. The fraction of sp³-hybridized carbons (Fsp3) is 0.833. The summed E-state index contributed by atoms with van der Waals surface area (Å²) in [5, 5.41) is 25.5. The zero-order valence-electron chi connectivity index (χ0n) is 6.16. The highest BCUT2D eigenvalue weighted by molar-refractivity contribution is 5.78. The van der Waals surface area contributed by atoms with Crippen LogP contribution in [0, 0.1) is 0 Å². The molecule has 0 aliphatic carbocycles. The molecule has 5 heteroatoms. The van der Waals surface area contributed by atoms with Gasteiger partial charge in [0.15, 0.2) is 0 Å². The molecule has 0 aromatic heterocycles. The predicted molar refractivity (Wildman–Crippen MR) is 38.0 cm³/mol. The Morgan fingerprint density at radius 3 is 1.82 bits per heavy atom. The lowest BCUT2D eigenvalue weighted by molar-refractivity contribution is -0.144. The number of carboxylic acid groups (broad SMARTS) is 1. The molecular formula is C6H13NO4. The van der Waals surface area contributed by atoms with Crippen molar-refractivity contribution in [2.24, 2.45) is 5.73 Å². The van der Waals surface area contributed by atoms with E-state index in [9.17, 15) is 4.79 Å². The zero-order chi connectivity index (χ0) is 8.91. The zero-order valence-corrected chi connectivity index (χ0v) is 6.16. The van der Waals surface area contributed by atoms with Gasteiger partial charge in [0.25, 0.3) is 0 Å². The Bertz CT molecular complexity index is 131. The molecule has 0 radical (unpaired) electrons. The van der Waals surface area contributed by atoms with Crippen LogP contribution in [0.15, 0.2) is 0 Å². The van der Waals surface area contributed by atoms with Crippen LogP contribution < -0.4 is 5.73 Å². The van der Waals surface area contributed by atoms with Crippen LogP contribution in [-0.4, -0.2) is 40.0 Å². The molecule has 0 atom stereocenters. The maximum atomic E-state index is 10.5. The summed E-state index contributed by atoms with van der Waals surface area (Å²) in [7, 11) is 0. The second kappa shape index (κ2) is 4.27. The van der Waals surface area contributed by atoms with Crippen molar-refractivity contribution in [2.45, 2.75) is 18.4 Å². The van der Waals surface area contributed by atoms with Crippen molar-refractivity contribution in [3.63, 3.8) is 0 Å². The molecule has 0 fully saturated rings. The maximum Gasteiger partial charge on any atom is 0.323 e. The van der Waals surface area contributed by atoms with E-state index in [1.54, 1.807) is 0 Å². The van der Waals surface area contributed by atoms with Gasteiger partial charge in [0.2, 0.25) is 0 Å². The summed E-state index contributed by atoms with van der Waals surface area (Å²) < 4.78 is 0. The summed E-state index contributed by atoms with van der Waals surface area (Å²) in [5.74, 6) is -1.19. The quantitative estimate of drug-likeness (QED) is 0.396. The van der Waals surface area contributed by atoms with Crippen molar-refractivity contribution in [2.75, 3.05) is 13.2 Å². The van der Waals surface area contributed by atoms with E-state index in [-0.39, 0.29) is 26.1 Å². The molecule has 11 heavy (non-hydrogen) atoms. The molecule has 0 rings (SSSR count). The lowest BCUT2D eigenvalue weighted by atomic mass is 9.93. The minimum atomic E-state index is -1.48. The number of hydrogen-bond donors (Lipinski definition) is 4. The first kappa shape index (κ1) is 10.3. The fourth-order valence-corrected chi connectivity index (χ4v) is 0.738. The minimum absolute atomic E-state index is 0.0388. The highest BCUT2D eigenvalue weighted by Crippen LogP contribution is 2.10. The Labute approximate surface area is 64.4 Å². The van der Waals surface area contributed by atoms with Crippen LogP contribution in [-0.2, 0) is 4.79 Å². The van der Waals surface area contributed by atoms with E-state index in [1.807, 2.05) is 0 Å². The molecule has 0 spiro atoms. The summed E-state index contributed by atoms with van der Waals surface area (Å²) in [6, 6.07) is 0. The topological polar surface area (TPSA) is 104 Å². The monoisotopic (exact) mass is 163 g/mol. The van der Waals surface area contributed by atoms with E-state index in [1.165, 1.54) is 0 Å². The molecule has 5 nitrogen and oxygen atoms in total. The van der Waals surface area contributed by atoms with E-state index in [0.29, 0.717) is 0 Å². The summed E-state index contributed by atoms with van der Waals surface area (Å²) >= 11 is 0. The first-order valence-electron chi connectivity index (χ1n) is 3.31. The SMILES string of the molecule is NC(CCO)(CCO)C(=O)O. The van der Waals surface area contributed by atoms with Gasteiger partial charge in [-0.25, -0.2) is 0 Å². The standard InChI is InChI=1S/C6H13NO4/c7-6(1-3-8,2-4-9)5(10)11/h8-9H,1-4,7H2,(H,10,11). The van der Waals surface area contributed by atoms with Crippen molar-refractivity contribution in [3.05, 3.63) is 0 Å². The molecule has 0 aromatic rings. The molecule has 0 bridgehead atoms. The lowest BCUT2D eigenvalue weighted by Crippen LogP contribution is -2.49. The molecule has 0 saturated heterocycles. The van der Waals surface area contributed by atoms with E-state index >= 15 is 0 Å². The van der Waals surface area contributed by atoms with Crippen LogP contribution in [0.1, 0.15) is 12.8 Å². The van der Waals surface area contributed by atoms with Crippen LogP contribution in [0.2, 0.25) is 0 Å². The molecule has 5 N–H and O–H groups in total. The van der Waals surface area contributed by atoms with E-state index in [2.05, 4.69) is 0 Å². The van der Waals surface area contributed by atoms with Gasteiger partial charge >= 0.3 is 5.97 Å². The average molecular weight is 163 g/mol. The van der Waals surface area contributed by atoms with Gasteiger partial charge in [0.1, 0.15) is 5.54 Å². The molecule has 0 aromatic carbocycles. The van der Waals surface area contributed by atoms with Gasteiger partial charge in [-0.2, -0.15) is 0 Å². The smallest absolute Gasteiger partial charge is 0.323 e. The second-order valence-corrected chi connectivity index (χ2v) is 2.41. The van der Waals surface area contributed by atoms with E-state index in [4.69, 9.17) is 21.1 Å². The molecule has 0 unspecified atom stereocenters. The molecule has 0 saturated carbocycles. The Kier molecular flexibility index (Phi) is 4.02. The van der Waals surface area contributed by atoms with Crippen molar-refractivity contribution in [1.29, 1.82) is 0 Å². The highest BCUT2D eigenvalue weighted by atomic mass is 16.4. The van der Waals surface area contributed by atoms with Gasteiger partial charge < -0.3 is 21.1 Å². The number of aliphatic hydroxyl groups excluding tert-OH is 2. The van der Waals surface area contributed by atoms with Gasteiger partial charge in [0, 0.05) is 13.2 Å². The lowest BCUT2D eigenvalue weighted by Gasteiger charge is -2.22. The normalized spacial score (nSPS) is 11.5. The molecule has 66 valence electrons. The number of carboxylic acids is 1. The van der Waals surface area contributed by atoms with Crippen molar-refractivity contribution < 1.29 is 20.1 Å². The highest BCUT2D eigenvalue weighted by Gasteiger charge is 2.32. The van der Waals surface area contributed by atoms with Gasteiger partial charge in [-0.15, -0.1) is 0 Å². The number of aliphatic carboxylic acids is 1. The Balaban J connectivity index is 4.13. The minimum Gasteiger partial charge on any atom is -0.480 e. The Hall–Kier alpha value is -0.650. The number of carbonyl (C=O) groups is 1. The molecule has 0 aliphatic heterocycles. The summed E-state index contributed by atoms with van der Waals surface area (Å²) in [6.07, 6.45) is -0.0776. The van der Waals surface area contributed by atoms with Crippen LogP contribution in [0.3, 0.4) is 0 Å². The number of rotatable bonds is 5. The van der Waals surface area contributed by atoms with E-state index < -0.39 is 11.5 Å². The van der Waals surface area contributed by atoms with Crippen molar-refractivity contribution in [3.8, 4) is 0 Å². The van der Waals surface area contributed by atoms with Crippen molar-refractivity contribution >= 4 is 5.97 Å². The first-order chi connectivity index (χ1) is 5.06. The second-order valence-electron chi connectivity index (χ2n) is 2.41. The van der Waals surface area contributed by atoms with Crippen LogP contribution >= 0.6 is 0 Å². The third-order valence-corrected chi connectivity index (χ3v) is 1.54. The van der Waals surface area contributed by atoms with Gasteiger partial charge in [-0.3, -0.25) is 4.79 Å². The first-order valence-corrected chi connectivity index (χ1v) is 3.31. The number of nitrogens with two attached hydrogens (primary N) is 1. The maximum absolute atomic E-state index is 10.5. The Morgan fingerprint density at radius 2 is 1.64 bits per heavy atom. The van der Waals surface area contributed by atoms with Gasteiger partial charge in [-0.1, -0.05) is 0 Å². The molecule has 0 aliphatic rings. The Morgan fingerprint density at radius 1 is 1.27 bits per heavy atom.